The number of hydrogen-bond donors (Lipinski definition) is 2. The summed E-state index contributed by atoms with van der Waals surface area (Å²) in [5.74, 6) is -0.648. The predicted molar refractivity (Wildman–Crippen MR) is 128 cm³/mol. The van der Waals surface area contributed by atoms with E-state index in [4.69, 9.17) is 4.74 Å². The summed E-state index contributed by atoms with van der Waals surface area (Å²) in [6.45, 7) is 5.64. The molecule has 2 aliphatic rings. The Kier molecular flexibility index (Phi) is 7.61. The van der Waals surface area contributed by atoms with Crippen LogP contribution in [0.25, 0.3) is 0 Å². The van der Waals surface area contributed by atoms with Gasteiger partial charge in [-0.2, -0.15) is 0 Å². The van der Waals surface area contributed by atoms with Crippen LogP contribution >= 0.6 is 23.1 Å². The van der Waals surface area contributed by atoms with Crippen molar-refractivity contribution >= 4 is 51.6 Å². The van der Waals surface area contributed by atoms with Crippen LogP contribution in [0.15, 0.2) is 22.5 Å². The Hall–Kier alpha value is -2.50. The summed E-state index contributed by atoms with van der Waals surface area (Å²) in [5.41, 5.74) is 3.07. The van der Waals surface area contributed by atoms with Gasteiger partial charge in [-0.25, -0.2) is 0 Å². The second-order valence-electron chi connectivity index (χ2n) is 8.26. The quantitative estimate of drug-likeness (QED) is 0.433. The summed E-state index contributed by atoms with van der Waals surface area (Å²) in [7, 11) is 0. The molecule has 9 nitrogen and oxygen atoms in total. The van der Waals surface area contributed by atoms with Gasteiger partial charge >= 0.3 is 0 Å². The molecule has 0 saturated carbocycles. The second-order valence-corrected chi connectivity index (χ2v) is 10.5. The van der Waals surface area contributed by atoms with E-state index in [-0.39, 0.29) is 36.0 Å². The molecule has 2 aromatic rings. The van der Waals surface area contributed by atoms with Gasteiger partial charge in [0.15, 0.2) is 4.34 Å². The minimum atomic E-state index is -0.456. The Morgan fingerprint density at radius 1 is 1.27 bits per heavy atom. The summed E-state index contributed by atoms with van der Waals surface area (Å²) in [5, 5.41) is 14.0. The number of thioether (sulfide) groups is 1. The average molecular weight is 490 g/mol. The minimum Gasteiger partial charge on any atom is -0.376 e. The number of amides is 3. The first-order valence-electron chi connectivity index (χ1n) is 10.9. The van der Waals surface area contributed by atoms with Gasteiger partial charge in [-0.3, -0.25) is 14.4 Å². The monoisotopic (exact) mass is 489 g/mol. The molecule has 2 saturated heterocycles. The van der Waals surface area contributed by atoms with Crippen LogP contribution in [-0.4, -0.2) is 59.5 Å². The third-order valence-electron chi connectivity index (χ3n) is 5.81. The van der Waals surface area contributed by atoms with Crippen LogP contribution in [0.4, 0.5) is 10.8 Å². The number of aromatic nitrogens is 2. The van der Waals surface area contributed by atoms with E-state index in [2.05, 4.69) is 20.8 Å². The van der Waals surface area contributed by atoms with Gasteiger partial charge < -0.3 is 20.3 Å². The van der Waals surface area contributed by atoms with Crippen LogP contribution in [0.5, 0.6) is 0 Å². The van der Waals surface area contributed by atoms with E-state index in [9.17, 15) is 14.4 Å². The Bertz CT molecular complexity index is 1040. The number of benzene rings is 1. The molecular formula is C22H27N5O4S2. The third kappa shape index (κ3) is 6.10. The Morgan fingerprint density at radius 2 is 2.12 bits per heavy atom. The highest BCUT2D eigenvalue weighted by Crippen LogP contribution is 2.29. The summed E-state index contributed by atoms with van der Waals surface area (Å²) < 4.78 is 6.08. The van der Waals surface area contributed by atoms with Crippen molar-refractivity contribution in [2.24, 2.45) is 5.92 Å². The lowest BCUT2D eigenvalue weighted by atomic mass is 10.1. The number of carbonyl (C=O) groups excluding carboxylic acids is 3. The first-order chi connectivity index (χ1) is 15.9. The number of ether oxygens (including phenoxy) is 1. The van der Waals surface area contributed by atoms with Crippen LogP contribution in [-0.2, 0) is 19.1 Å². The van der Waals surface area contributed by atoms with Gasteiger partial charge in [0.1, 0.15) is 0 Å². The zero-order chi connectivity index (χ0) is 23.4. The van der Waals surface area contributed by atoms with E-state index in [1.807, 2.05) is 32.0 Å². The number of aryl methyl sites for hydroxylation is 2. The van der Waals surface area contributed by atoms with Gasteiger partial charge in [0, 0.05) is 31.8 Å². The van der Waals surface area contributed by atoms with E-state index in [0.29, 0.717) is 22.6 Å². The standard InChI is InChI=1S/C22H27N5O4S2/c1-13-5-6-16(8-14(13)2)27-11-15(9-19(27)29)20(30)24-21-25-26-22(33-21)32-12-18(28)23-10-17-4-3-7-31-17/h5-6,8,15,17H,3-4,7,9-12H2,1-2H3,(H,23,28)(H,24,25,30)/t15-,17+/m0/s1. The van der Waals surface area contributed by atoms with Crippen LogP contribution in [0.1, 0.15) is 30.4 Å². The van der Waals surface area contributed by atoms with Crippen LogP contribution < -0.4 is 15.5 Å². The normalized spacial score (nSPS) is 20.3. The molecule has 3 amide bonds. The molecule has 11 heteroatoms. The van der Waals surface area contributed by atoms with Crippen molar-refractivity contribution < 1.29 is 19.1 Å². The number of anilines is 2. The zero-order valence-electron chi connectivity index (χ0n) is 18.6. The maximum absolute atomic E-state index is 12.7. The van der Waals surface area contributed by atoms with Crippen molar-refractivity contribution in [3.8, 4) is 0 Å². The first-order valence-corrected chi connectivity index (χ1v) is 12.7. The fourth-order valence-electron chi connectivity index (χ4n) is 3.76. The van der Waals surface area contributed by atoms with Crippen molar-refractivity contribution in [3.05, 3.63) is 29.3 Å². The van der Waals surface area contributed by atoms with E-state index >= 15 is 0 Å². The molecule has 2 fully saturated rings. The van der Waals surface area contributed by atoms with Crippen LogP contribution in [0, 0.1) is 19.8 Å². The van der Waals surface area contributed by atoms with Crippen LogP contribution in [0.2, 0.25) is 0 Å². The lowest BCUT2D eigenvalue weighted by Crippen LogP contribution is -2.32. The van der Waals surface area contributed by atoms with Crippen molar-refractivity contribution in [1.29, 1.82) is 0 Å². The Labute approximate surface area is 200 Å². The molecule has 0 radical (unpaired) electrons. The molecular weight excluding hydrogens is 462 g/mol. The molecule has 1 aromatic heterocycles. The van der Waals surface area contributed by atoms with Crippen LogP contribution in [0.3, 0.4) is 0 Å². The fraction of sp³-hybridized carbons (Fsp3) is 0.500. The Morgan fingerprint density at radius 3 is 2.88 bits per heavy atom. The lowest BCUT2D eigenvalue weighted by molar-refractivity contribution is -0.122. The predicted octanol–water partition coefficient (Wildman–Crippen LogP) is 2.53. The SMILES string of the molecule is Cc1ccc(N2C[C@@H](C(=O)Nc3nnc(SCC(=O)NC[C@H]4CCCO4)s3)CC2=O)cc1C. The topological polar surface area (TPSA) is 114 Å². The highest BCUT2D eigenvalue weighted by molar-refractivity contribution is 8.01. The van der Waals surface area contributed by atoms with Crippen molar-refractivity contribution in [2.45, 2.75) is 43.6 Å². The maximum atomic E-state index is 12.7. The molecule has 2 atom stereocenters. The fourth-order valence-corrected chi connectivity index (χ4v) is 5.35. The Balaban J connectivity index is 1.24. The van der Waals surface area contributed by atoms with Gasteiger partial charge in [-0.1, -0.05) is 29.2 Å². The van der Waals surface area contributed by atoms with E-state index in [1.165, 1.54) is 23.1 Å². The van der Waals surface area contributed by atoms with Gasteiger partial charge in [0.05, 0.1) is 17.8 Å². The molecule has 2 N–H and O–H groups in total. The number of nitrogens with one attached hydrogen (secondary N) is 2. The molecule has 3 heterocycles. The molecule has 0 spiro atoms. The molecule has 0 unspecified atom stereocenters. The third-order valence-corrected chi connectivity index (χ3v) is 7.78. The number of nitrogens with zero attached hydrogens (tertiary/aromatic N) is 3. The van der Waals surface area contributed by atoms with Crippen molar-refractivity contribution in [1.82, 2.24) is 15.5 Å². The summed E-state index contributed by atoms with van der Waals surface area (Å²) >= 11 is 2.48. The van der Waals surface area contributed by atoms with E-state index in [1.54, 1.807) is 4.90 Å². The van der Waals surface area contributed by atoms with E-state index in [0.717, 1.165) is 36.3 Å². The summed E-state index contributed by atoms with van der Waals surface area (Å²) in [6.07, 6.45) is 2.27. The maximum Gasteiger partial charge on any atom is 0.231 e. The molecule has 1 aromatic carbocycles. The molecule has 176 valence electrons. The van der Waals surface area contributed by atoms with Gasteiger partial charge in [-0.05, 0) is 49.9 Å². The van der Waals surface area contributed by atoms with Crippen molar-refractivity contribution in [2.75, 3.05) is 35.7 Å². The highest BCUT2D eigenvalue weighted by Gasteiger charge is 2.35. The largest absolute Gasteiger partial charge is 0.376 e. The number of carbonyl (C=O) groups is 3. The van der Waals surface area contributed by atoms with Gasteiger partial charge in [-0.15, -0.1) is 10.2 Å². The smallest absolute Gasteiger partial charge is 0.231 e. The summed E-state index contributed by atoms with van der Waals surface area (Å²) in [6, 6.07) is 5.86. The number of hydrogen-bond acceptors (Lipinski definition) is 8. The molecule has 2 aliphatic heterocycles. The molecule has 33 heavy (non-hydrogen) atoms. The first kappa shape index (κ1) is 23.7. The average Bonchev–Trinajstić information content (AvgIpc) is 3.54. The van der Waals surface area contributed by atoms with Crippen molar-refractivity contribution in [3.63, 3.8) is 0 Å². The van der Waals surface area contributed by atoms with Gasteiger partial charge in [0.25, 0.3) is 0 Å². The molecule has 4 rings (SSSR count). The highest BCUT2D eigenvalue weighted by atomic mass is 32.2. The molecule has 0 bridgehead atoms. The zero-order valence-corrected chi connectivity index (χ0v) is 20.3. The minimum absolute atomic E-state index is 0.0686. The second kappa shape index (κ2) is 10.6. The summed E-state index contributed by atoms with van der Waals surface area (Å²) in [4.78, 5) is 38.9. The lowest BCUT2D eigenvalue weighted by Gasteiger charge is -2.17. The number of rotatable bonds is 8. The molecule has 0 aliphatic carbocycles. The van der Waals surface area contributed by atoms with E-state index < -0.39 is 5.92 Å². The van der Waals surface area contributed by atoms with Gasteiger partial charge in [0.2, 0.25) is 22.9 Å².